The minimum Gasteiger partial charge on any atom is -0.309 e. The zero-order valence-electron chi connectivity index (χ0n) is 14.1. The summed E-state index contributed by atoms with van der Waals surface area (Å²) in [4.78, 5) is 15.8. The molecule has 0 unspecified atom stereocenters. The molecule has 4 rings (SSSR count). The van der Waals surface area contributed by atoms with E-state index in [2.05, 4.69) is 20.5 Å². The van der Waals surface area contributed by atoms with Crippen LogP contribution in [0.25, 0.3) is 10.9 Å². The number of aromatic amines is 1. The van der Waals surface area contributed by atoms with Gasteiger partial charge in [-0.2, -0.15) is 9.40 Å². The average molecular weight is 371 g/mol. The molecule has 26 heavy (non-hydrogen) atoms. The topological polar surface area (TPSA) is 108 Å². The lowest BCUT2D eigenvalue weighted by Gasteiger charge is -2.26. The second kappa shape index (κ2) is 6.19. The summed E-state index contributed by atoms with van der Waals surface area (Å²) in [5, 5.41) is 10.4. The molecule has 8 nitrogen and oxygen atoms in total. The zero-order valence-corrected chi connectivity index (χ0v) is 14.9. The lowest BCUT2D eigenvalue weighted by Crippen LogP contribution is -2.36. The number of anilines is 1. The van der Waals surface area contributed by atoms with Crippen LogP contribution in [0.2, 0.25) is 0 Å². The number of H-pyrrole nitrogens is 1. The third kappa shape index (κ3) is 2.74. The number of aromatic nitrogens is 3. The fourth-order valence-corrected chi connectivity index (χ4v) is 4.74. The van der Waals surface area contributed by atoms with Crippen molar-refractivity contribution in [1.82, 2.24) is 19.5 Å². The number of carbonyl (C=O) groups is 1. The highest BCUT2D eigenvalue weighted by molar-refractivity contribution is 7.89. The monoisotopic (exact) mass is 371 g/mol. The van der Waals surface area contributed by atoms with E-state index in [9.17, 15) is 13.2 Å². The number of para-hydroxylation sites is 1. The molecule has 0 radical (unpaired) electrons. The molecular formula is C17H17N5O3S. The van der Waals surface area contributed by atoms with Crippen molar-refractivity contribution in [2.75, 3.05) is 11.9 Å². The Morgan fingerprint density at radius 1 is 1.27 bits per heavy atom. The van der Waals surface area contributed by atoms with E-state index >= 15 is 0 Å². The van der Waals surface area contributed by atoms with Crippen molar-refractivity contribution in [2.24, 2.45) is 0 Å². The first kappa shape index (κ1) is 16.7. The van der Waals surface area contributed by atoms with Crippen LogP contribution >= 0.6 is 0 Å². The molecule has 3 aromatic rings. The van der Waals surface area contributed by atoms with Crippen LogP contribution in [0.15, 0.2) is 41.4 Å². The van der Waals surface area contributed by atoms with Gasteiger partial charge >= 0.3 is 0 Å². The van der Waals surface area contributed by atoms with Gasteiger partial charge in [0.25, 0.3) is 0 Å². The quantitative estimate of drug-likeness (QED) is 0.728. The van der Waals surface area contributed by atoms with Crippen LogP contribution in [-0.4, -0.2) is 40.4 Å². The van der Waals surface area contributed by atoms with Crippen molar-refractivity contribution in [2.45, 2.75) is 24.8 Å². The Bertz CT molecular complexity index is 1100. The second-order valence-electron chi connectivity index (χ2n) is 6.13. The molecule has 1 aromatic carbocycles. The van der Waals surface area contributed by atoms with Crippen molar-refractivity contribution >= 4 is 32.7 Å². The summed E-state index contributed by atoms with van der Waals surface area (Å²) in [6.45, 7) is 1.87. The number of hydrogen-bond acceptors (Lipinski definition) is 5. The van der Waals surface area contributed by atoms with Crippen LogP contribution in [-0.2, 0) is 27.8 Å². The first-order valence-electron chi connectivity index (χ1n) is 8.14. The number of benzene rings is 1. The maximum Gasteiger partial charge on any atom is 0.245 e. The molecule has 0 spiro atoms. The number of nitrogens with zero attached hydrogens (tertiary/aromatic N) is 3. The average Bonchev–Trinajstić information content (AvgIpc) is 3.02. The SMILES string of the molecule is CC(=O)Nc1n[nH]c2c1CN(S(=O)(=O)c1cccc3cccnc13)CC2. The molecule has 3 heterocycles. The van der Waals surface area contributed by atoms with E-state index in [1.807, 2.05) is 12.1 Å². The van der Waals surface area contributed by atoms with Crippen molar-refractivity contribution in [1.29, 1.82) is 0 Å². The first-order valence-corrected chi connectivity index (χ1v) is 9.58. The summed E-state index contributed by atoms with van der Waals surface area (Å²) in [7, 11) is -3.74. The van der Waals surface area contributed by atoms with Crippen molar-refractivity contribution < 1.29 is 13.2 Å². The molecular weight excluding hydrogens is 354 g/mol. The van der Waals surface area contributed by atoms with E-state index in [0.717, 1.165) is 11.1 Å². The third-order valence-corrected chi connectivity index (χ3v) is 6.28. The Kier molecular flexibility index (Phi) is 3.97. The Labute approximate surface area is 150 Å². The van der Waals surface area contributed by atoms with Crippen LogP contribution in [0.5, 0.6) is 0 Å². The number of nitrogens with one attached hydrogen (secondary N) is 2. The summed E-state index contributed by atoms with van der Waals surface area (Å²) < 4.78 is 27.9. The molecule has 2 N–H and O–H groups in total. The standard InChI is InChI=1S/C17H17N5O3S/c1-11(23)19-17-13-10-22(9-7-14(13)20-21-17)26(24,25)15-6-2-4-12-5-3-8-18-16(12)15/h2-6,8H,7,9-10H2,1H3,(H2,19,20,21,23). The predicted octanol–water partition coefficient (Wildman–Crippen LogP) is 1.66. The molecule has 1 aliphatic rings. The van der Waals surface area contributed by atoms with Crippen LogP contribution in [0.1, 0.15) is 18.2 Å². The molecule has 134 valence electrons. The van der Waals surface area contributed by atoms with E-state index in [1.54, 1.807) is 24.4 Å². The Hall–Kier alpha value is -2.78. The molecule has 0 saturated heterocycles. The fourth-order valence-electron chi connectivity index (χ4n) is 3.17. The summed E-state index contributed by atoms with van der Waals surface area (Å²) in [5.74, 6) is 0.126. The maximum absolute atomic E-state index is 13.2. The highest BCUT2D eigenvalue weighted by atomic mass is 32.2. The van der Waals surface area contributed by atoms with Crippen molar-refractivity contribution in [3.05, 3.63) is 47.8 Å². The molecule has 2 aromatic heterocycles. The summed E-state index contributed by atoms with van der Waals surface area (Å²) >= 11 is 0. The van der Waals surface area contributed by atoms with E-state index in [1.165, 1.54) is 11.2 Å². The van der Waals surface area contributed by atoms with E-state index in [-0.39, 0.29) is 17.3 Å². The highest BCUT2D eigenvalue weighted by Crippen LogP contribution is 2.30. The summed E-state index contributed by atoms with van der Waals surface area (Å²) in [6.07, 6.45) is 2.08. The van der Waals surface area contributed by atoms with Gasteiger partial charge in [0.15, 0.2) is 5.82 Å². The third-order valence-electron chi connectivity index (χ3n) is 4.41. The zero-order chi connectivity index (χ0) is 18.3. The van der Waals surface area contributed by atoms with Gasteiger partial charge in [-0.05, 0) is 12.1 Å². The van der Waals surface area contributed by atoms with Gasteiger partial charge in [-0.1, -0.05) is 18.2 Å². The van der Waals surface area contributed by atoms with Gasteiger partial charge in [0.1, 0.15) is 4.90 Å². The van der Waals surface area contributed by atoms with Crippen molar-refractivity contribution in [3.63, 3.8) is 0 Å². The summed E-state index contributed by atoms with van der Waals surface area (Å²) in [5.41, 5.74) is 1.99. The Balaban J connectivity index is 1.74. The van der Waals surface area contributed by atoms with Crippen molar-refractivity contribution in [3.8, 4) is 0 Å². The molecule has 0 fully saturated rings. The largest absolute Gasteiger partial charge is 0.309 e. The van der Waals surface area contributed by atoms with Crippen LogP contribution in [0, 0.1) is 0 Å². The fraction of sp³-hybridized carbons (Fsp3) is 0.235. The van der Waals surface area contributed by atoms with E-state index < -0.39 is 10.0 Å². The van der Waals surface area contributed by atoms with Gasteiger partial charge in [-0.25, -0.2) is 8.42 Å². The van der Waals surface area contributed by atoms with Crippen LogP contribution in [0.4, 0.5) is 5.82 Å². The van der Waals surface area contributed by atoms with E-state index in [4.69, 9.17) is 0 Å². The lowest BCUT2D eigenvalue weighted by atomic mass is 10.1. The Morgan fingerprint density at radius 2 is 2.08 bits per heavy atom. The minimum atomic E-state index is -3.74. The molecule has 1 amide bonds. The number of carbonyl (C=O) groups excluding carboxylic acids is 1. The first-order chi connectivity index (χ1) is 12.5. The number of fused-ring (bicyclic) bond motifs is 2. The number of amides is 1. The maximum atomic E-state index is 13.2. The second-order valence-corrected chi connectivity index (χ2v) is 8.04. The predicted molar refractivity (Wildman–Crippen MR) is 95.9 cm³/mol. The number of rotatable bonds is 3. The van der Waals surface area contributed by atoms with E-state index in [0.29, 0.717) is 29.9 Å². The minimum absolute atomic E-state index is 0.146. The number of hydrogen-bond donors (Lipinski definition) is 2. The molecule has 1 aliphatic heterocycles. The lowest BCUT2D eigenvalue weighted by molar-refractivity contribution is -0.114. The van der Waals surface area contributed by atoms with Crippen LogP contribution in [0.3, 0.4) is 0 Å². The molecule has 0 saturated carbocycles. The highest BCUT2D eigenvalue weighted by Gasteiger charge is 2.32. The number of sulfonamides is 1. The summed E-state index contributed by atoms with van der Waals surface area (Å²) in [6, 6.07) is 8.73. The molecule has 0 aliphatic carbocycles. The molecule has 0 bridgehead atoms. The molecule has 9 heteroatoms. The number of pyridine rings is 1. The van der Waals surface area contributed by atoms with Gasteiger partial charge < -0.3 is 5.32 Å². The molecule has 0 atom stereocenters. The van der Waals surface area contributed by atoms with Gasteiger partial charge in [0, 0.05) is 49.3 Å². The normalized spacial score (nSPS) is 15.0. The Morgan fingerprint density at radius 3 is 2.88 bits per heavy atom. The smallest absolute Gasteiger partial charge is 0.245 e. The van der Waals surface area contributed by atoms with Gasteiger partial charge in [0.05, 0.1) is 5.52 Å². The van der Waals surface area contributed by atoms with Gasteiger partial charge in [-0.3, -0.25) is 14.9 Å². The van der Waals surface area contributed by atoms with Gasteiger partial charge in [0.2, 0.25) is 15.9 Å². The van der Waals surface area contributed by atoms with Gasteiger partial charge in [-0.15, -0.1) is 0 Å². The van der Waals surface area contributed by atoms with Crippen LogP contribution < -0.4 is 5.32 Å².